The SMILES string of the molecule is CC1CC(C)CC(n2ncc3ccc(I)cc32)C1. The minimum atomic E-state index is 0.583. The highest BCUT2D eigenvalue weighted by Gasteiger charge is 2.26. The molecule has 2 aromatic rings. The van der Waals surface area contributed by atoms with Gasteiger partial charge in [-0.1, -0.05) is 19.9 Å². The number of hydrogen-bond donors (Lipinski definition) is 0. The summed E-state index contributed by atoms with van der Waals surface area (Å²) in [6, 6.07) is 7.17. The van der Waals surface area contributed by atoms with Crippen LogP contribution in [0.4, 0.5) is 0 Å². The molecule has 1 aliphatic rings. The fourth-order valence-electron chi connectivity index (χ4n) is 3.41. The van der Waals surface area contributed by atoms with Crippen LogP contribution < -0.4 is 0 Å². The van der Waals surface area contributed by atoms with Crippen LogP contribution in [0.1, 0.15) is 39.2 Å². The van der Waals surface area contributed by atoms with Crippen LogP contribution in [0.5, 0.6) is 0 Å². The van der Waals surface area contributed by atoms with Crippen molar-refractivity contribution < 1.29 is 0 Å². The number of aromatic nitrogens is 2. The highest BCUT2D eigenvalue weighted by atomic mass is 127. The van der Waals surface area contributed by atoms with E-state index in [1.807, 2.05) is 6.20 Å². The summed E-state index contributed by atoms with van der Waals surface area (Å²) in [6.45, 7) is 4.75. The molecule has 0 saturated heterocycles. The summed E-state index contributed by atoms with van der Waals surface area (Å²) in [6.07, 6.45) is 5.92. The first-order valence-corrected chi connectivity index (χ1v) is 7.84. The van der Waals surface area contributed by atoms with Gasteiger partial charge >= 0.3 is 0 Å². The molecular weight excluding hydrogens is 335 g/mol. The second-order valence-corrected chi connectivity index (χ2v) is 7.11. The average Bonchev–Trinajstić information content (AvgIpc) is 2.70. The number of fused-ring (bicyclic) bond motifs is 1. The van der Waals surface area contributed by atoms with Gasteiger partial charge in [-0.2, -0.15) is 5.10 Å². The maximum atomic E-state index is 4.64. The van der Waals surface area contributed by atoms with Crippen LogP contribution in [0.25, 0.3) is 10.9 Å². The molecule has 0 bridgehead atoms. The van der Waals surface area contributed by atoms with E-state index >= 15 is 0 Å². The summed E-state index contributed by atoms with van der Waals surface area (Å²) < 4.78 is 3.56. The van der Waals surface area contributed by atoms with E-state index in [0.717, 1.165) is 11.8 Å². The Hall–Kier alpha value is -0.580. The lowest BCUT2D eigenvalue weighted by Crippen LogP contribution is -2.23. The second-order valence-electron chi connectivity index (χ2n) is 5.86. The van der Waals surface area contributed by atoms with Gasteiger partial charge in [0.2, 0.25) is 0 Å². The normalized spacial score (nSPS) is 28.7. The van der Waals surface area contributed by atoms with Gasteiger partial charge in [-0.15, -0.1) is 0 Å². The lowest BCUT2D eigenvalue weighted by Gasteiger charge is -2.32. The molecule has 2 atom stereocenters. The summed E-state index contributed by atoms with van der Waals surface area (Å²) in [5, 5.41) is 5.91. The number of rotatable bonds is 1. The minimum Gasteiger partial charge on any atom is -0.262 e. The van der Waals surface area contributed by atoms with Gasteiger partial charge in [0.25, 0.3) is 0 Å². The second kappa shape index (κ2) is 4.83. The van der Waals surface area contributed by atoms with Gasteiger partial charge in [0.15, 0.2) is 0 Å². The predicted molar refractivity (Wildman–Crippen MR) is 83.7 cm³/mol. The van der Waals surface area contributed by atoms with Crippen molar-refractivity contribution in [3.05, 3.63) is 28.0 Å². The Balaban J connectivity index is 2.00. The summed E-state index contributed by atoms with van der Waals surface area (Å²) >= 11 is 2.38. The van der Waals surface area contributed by atoms with Crippen molar-refractivity contribution in [1.29, 1.82) is 0 Å². The number of benzene rings is 1. The van der Waals surface area contributed by atoms with Crippen molar-refractivity contribution >= 4 is 33.5 Å². The lowest BCUT2D eigenvalue weighted by molar-refractivity contribution is 0.214. The first-order chi connectivity index (χ1) is 8.63. The molecule has 0 amide bonds. The van der Waals surface area contributed by atoms with Crippen molar-refractivity contribution in [1.82, 2.24) is 9.78 Å². The first kappa shape index (κ1) is 12.5. The molecule has 1 saturated carbocycles. The Morgan fingerprint density at radius 2 is 1.89 bits per heavy atom. The molecule has 2 nitrogen and oxygen atoms in total. The maximum Gasteiger partial charge on any atom is 0.0696 e. The van der Waals surface area contributed by atoms with Crippen LogP contribution in [0.2, 0.25) is 0 Å². The maximum absolute atomic E-state index is 4.64. The van der Waals surface area contributed by atoms with E-state index in [0.29, 0.717) is 6.04 Å². The molecule has 3 rings (SSSR count). The molecule has 18 heavy (non-hydrogen) atoms. The average molecular weight is 354 g/mol. The summed E-state index contributed by atoms with van der Waals surface area (Å²) in [4.78, 5) is 0. The summed E-state index contributed by atoms with van der Waals surface area (Å²) in [5.74, 6) is 1.64. The largest absolute Gasteiger partial charge is 0.262 e. The molecule has 0 radical (unpaired) electrons. The van der Waals surface area contributed by atoms with Crippen LogP contribution in [0.3, 0.4) is 0 Å². The fraction of sp³-hybridized carbons (Fsp3) is 0.533. The van der Waals surface area contributed by atoms with Crippen LogP contribution in [0.15, 0.2) is 24.4 Å². The highest BCUT2D eigenvalue weighted by Crippen LogP contribution is 2.37. The monoisotopic (exact) mass is 354 g/mol. The summed E-state index contributed by atoms with van der Waals surface area (Å²) in [5.41, 5.74) is 1.30. The zero-order chi connectivity index (χ0) is 12.7. The van der Waals surface area contributed by atoms with Crippen LogP contribution >= 0.6 is 22.6 Å². The Bertz CT molecular complexity index is 551. The van der Waals surface area contributed by atoms with Crippen molar-refractivity contribution in [3.8, 4) is 0 Å². The van der Waals surface area contributed by atoms with Crippen molar-refractivity contribution in [2.45, 2.75) is 39.2 Å². The quantitative estimate of drug-likeness (QED) is 0.683. The molecule has 0 spiro atoms. The molecule has 1 heterocycles. The number of halogens is 1. The van der Waals surface area contributed by atoms with E-state index < -0.39 is 0 Å². The van der Waals surface area contributed by atoms with Gasteiger partial charge in [-0.05, 0) is 65.8 Å². The zero-order valence-electron chi connectivity index (χ0n) is 10.9. The van der Waals surface area contributed by atoms with Crippen molar-refractivity contribution in [2.24, 2.45) is 11.8 Å². The molecule has 1 aromatic carbocycles. The van der Waals surface area contributed by atoms with Gasteiger partial charge in [0.05, 0.1) is 17.8 Å². The van der Waals surface area contributed by atoms with Crippen LogP contribution in [-0.4, -0.2) is 9.78 Å². The van der Waals surface area contributed by atoms with Gasteiger partial charge in [-0.25, -0.2) is 0 Å². The Kier molecular flexibility index (Phi) is 3.34. The third kappa shape index (κ3) is 2.29. The highest BCUT2D eigenvalue weighted by molar-refractivity contribution is 14.1. The fourth-order valence-corrected chi connectivity index (χ4v) is 3.88. The third-order valence-corrected chi connectivity index (χ3v) is 4.73. The van der Waals surface area contributed by atoms with E-state index in [1.54, 1.807) is 0 Å². The standard InChI is InChI=1S/C15H19IN2/c1-10-5-11(2)7-14(6-10)18-15-8-13(16)4-3-12(15)9-17-18/h3-4,8-11,14H,5-7H2,1-2H3. The Morgan fingerprint density at radius 1 is 1.17 bits per heavy atom. The van der Waals surface area contributed by atoms with E-state index in [-0.39, 0.29) is 0 Å². The molecule has 1 fully saturated rings. The molecule has 1 aliphatic carbocycles. The third-order valence-electron chi connectivity index (χ3n) is 4.06. The smallest absolute Gasteiger partial charge is 0.0696 e. The molecule has 3 heteroatoms. The lowest BCUT2D eigenvalue weighted by atomic mass is 9.80. The van der Waals surface area contributed by atoms with Crippen molar-refractivity contribution in [2.75, 3.05) is 0 Å². The van der Waals surface area contributed by atoms with Gasteiger partial charge in [0.1, 0.15) is 0 Å². The minimum absolute atomic E-state index is 0.583. The van der Waals surface area contributed by atoms with Crippen LogP contribution in [-0.2, 0) is 0 Å². The molecule has 1 aromatic heterocycles. The first-order valence-electron chi connectivity index (χ1n) is 6.76. The Morgan fingerprint density at radius 3 is 2.61 bits per heavy atom. The summed E-state index contributed by atoms with van der Waals surface area (Å²) in [7, 11) is 0. The zero-order valence-corrected chi connectivity index (χ0v) is 13.1. The van der Waals surface area contributed by atoms with E-state index in [9.17, 15) is 0 Å². The topological polar surface area (TPSA) is 17.8 Å². The number of nitrogens with zero attached hydrogens (tertiary/aromatic N) is 2. The van der Waals surface area contributed by atoms with Crippen molar-refractivity contribution in [3.63, 3.8) is 0 Å². The molecule has 0 N–H and O–H groups in total. The predicted octanol–water partition coefficient (Wildman–Crippen LogP) is 4.64. The van der Waals surface area contributed by atoms with Gasteiger partial charge in [0, 0.05) is 8.96 Å². The Labute approximate surface area is 122 Å². The number of hydrogen-bond acceptors (Lipinski definition) is 1. The van der Waals surface area contributed by atoms with E-state index in [4.69, 9.17) is 0 Å². The van der Waals surface area contributed by atoms with E-state index in [2.05, 4.69) is 64.4 Å². The molecule has 2 unspecified atom stereocenters. The molecule has 0 aliphatic heterocycles. The van der Waals surface area contributed by atoms with Gasteiger partial charge < -0.3 is 0 Å². The van der Waals surface area contributed by atoms with E-state index in [1.165, 1.54) is 33.7 Å². The van der Waals surface area contributed by atoms with Crippen LogP contribution in [0, 0.1) is 15.4 Å². The van der Waals surface area contributed by atoms with Gasteiger partial charge in [-0.3, -0.25) is 4.68 Å². The molecule has 96 valence electrons. The molecular formula is C15H19IN2.